The molecule has 2 aromatic rings. The molecule has 6 heteroatoms. The number of rotatable bonds is 4. The topological polar surface area (TPSA) is 51.1 Å². The highest BCUT2D eigenvalue weighted by Gasteiger charge is 2.27. The second-order valence-corrected chi connectivity index (χ2v) is 11.2. The molecule has 174 valence electrons. The molecule has 0 amide bonds. The van der Waals surface area contributed by atoms with E-state index in [1.165, 1.54) is 42.5 Å². The van der Waals surface area contributed by atoms with E-state index in [4.69, 9.17) is 4.99 Å². The van der Waals surface area contributed by atoms with Gasteiger partial charge in [0.15, 0.2) is 5.96 Å². The van der Waals surface area contributed by atoms with Crippen LogP contribution in [0, 0.1) is 0 Å². The molecule has 1 aromatic heterocycles. The number of nitrogens with one attached hydrogen (secondary N) is 1. The molecule has 1 aliphatic heterocycles. The van der Waals surface area contributed by atoms with Crippen molar-refractivity contribution >= 4 is 23.0 Å². The zero-order chi connectivity index (χ0) is 22.6. The van der Waals surface area contributed by atoms with Crippen molar-refractivity contribution in [1.82, 2.24) is 9.80 Å². The van der Waals surface area contributed by atoms with Gasteiger partial charge in [0, 0.05) is 37.1 Å². The molecule has 4 rings (SSSR count). The normalized spacial score (nSPS) is 19.3. The quantitative estimate of drug-likeness (QED) is 0.355. The van der Waals surface area contributed by atoms with Crippen LogP contribution in [0.2, 0.25) is 0 Å². The summed E-state index contributed by atoms with van der Waals surface area (Å²) in [5, 5.41) is 16.2. The number of guanidine groups is 1. The van der Waals surface area contributed by atoms with Crippen molar-refractivity contribution in [3.05, 3.63) is 46.2 Å². The van der Waals surface area contributed by atoms with E-state index in [1.807, 2.05) is 6.07 Å². The van der Waals surface area contributed by atoms with Crippen LogP contribution in [0.3, 0.4) is 0 Å². The average Bonchev–Trinajstić information content (AvgIpc) is 3.31. The van der Waals surface area contributed by atoms with Crippen LogP contribution in [-0.2, 0) is 12.0 Å². The van der Waals surface area contributed by atoms with Gasteiger partial charge in [0.2, 0.25) is 0 Å². The summed E-state index contributed by atoms with van der Waals surface area (Å²) in [6, 6.07) is 10.8. The molecule has 0 bridgehead atoms. The van der Waals surface area contributed by atoms with Crippen LogP contribution in [0.5, 0.6) is 5.75 Å². The van der Waals surface area contributed by atoms with Gasteiger partial charge in [-0.1, -0.05) is 52.2 Å². The van der Waals surface area contributed by atoms with Gasteiger partial charge in [0.05, 0.1) is 12.2 Å². The zero-order valence-electron chi connectivity index (χ0n) is 19.8. The largest absolute Gasteiger partial charge is 0.506 e. The molecular weight excluding hydrogens is 416 g/mol. The number of anilines is 1. The van der Waals surface area contributed by atoms with Crippen LogP contribution in [0.25, 0.3) is 0 Å². The Morgan fingerprint density at radius 1 is 1.09 bits per heavy atom. The fraction of sp³-hybridized carbons (Fsp3) is 0.577. The molecule has 0 atom stereocenters. The first-order chi connectivity index (χ1) is 15.4. The second-order valence-electron chi connectivity index (χ2n) is 10.1. The average molecular weight is 455 g/mol. The maximum Gasteiger partial charge on any atom is 0.199 e. The fourth-order valence-corrected chi connectivity index (χ4v) is 5.37. The number of phenolic OH excluding ortho intramolecular Hbond substituents is 1. The van der Waals surface area contributed by atoms with Crippen molar-refractivity contribution in [2.45, 2.75) is 70.9 Å². The second kappa shape index (κ2) is 10.3. The van der Waals surface area contributed by atoms with Gasteiger partial charge in [0.25, 0.3) is 0 Å². The molecule has 2 aliphatic rings. The molecule has 0 radical (unpaired) electrons. The minimum Gasteiger partial charge on any atom is -0.506 e. The number of aromatic hydroxyl groups is 1. The van der Waals surface area contributed by atoms with Crippen LogP contribution in [0.4, 0.5) is 5.69 Å². The molecular formula is C26H38N4OS. The van der Waals surface area contributed by atoms with Gasteiger partial charge in [-0.25, -0.2) is 4.99 Å². The van der Waals surface area contributed by atoms with Crippen LogP contribution in [-0.4, -0.2) is 53.1 Å². The van der Waals surface area contributed by atoms with Gasteiger partial charge in [-0.3, -0.25) is 4.90 Å². The number of benzene rings is 1. The third-order valence-corrected chi connectivity index (χ3v) is 7.64. The van der Waals surface area contributed by atoms with E-state index in [0.29, 0.717) is 6.54 Å². The lowest BCUT2D eigenvalue weighted by Crippen LogP contribution is -2.53. The number of aliphatic imine (C=N–C) groups is 1. The summed E-state index contributed by atoms with van der Waals surface area (Å²) in [6.45, 7) is 11.3. The number of nitrogens with zero attached hydrogens (tertiary/aromatic N) is 3. The first-order valence-corrected chi connectivity index (χ1v) is 12.9. The first-order valence-electron chi connectivity index (χ1n) is 12.1. The van der Waals surface area contributed by atoms with Crippen LogP contribution >= 0.6 is 11.3 Å². The number of piperazine rings is 1. The number of hydrogen-bond acceptors (Lipinski definition) is 4. The van der Waals surface area contributed by atoms with E-state index < -0.39 is 0 Å². The Balaban J connectivity index is 1.50. The van der Waals surface area contributed by atoms with Crippen molar-refractivity contribution in [3.8, 4) is 5.75 Å². The molecule has 1 aromatic carbocycles. The van der Waals surface area contributed by atoms with Crippen molar-refractivity contribution < 1.29 is 5.11 Å². The summed E-state index contributed by atoms with van der Waals surface area (Å²) >= 11 is 1.74. The molecule has 2 fully saturated rings. The Morgan fingerprint density at radius 2 is 1.84 bits per heavy atom. The molecule has 5 nitrogen and oxygen atoms in total. The number of thiophene rings is 1. The maximum absolute atomic E-state index is 10.6. The SMILES string of the molecule is CC(C)(C)c1ccc(O)c(NC(=NCc2cccs2)N2CCN(C3CCCCC3)CC2)c1. The molecule has 1 saturated heterocycles. The summed E-state index contributed by atoms with van der Waals surface area (Å²) in [4.78, 5) is 11.3. The highest BCUT2D eigenvalue weighted by Crippen LogP contribution is 2.31. The highest BCUT2D eigenvalue weighted by molar-refractivity contribution is 7.09. The molecule has 2 N–H and O–H groups in total. The third kappa shape index (κ3) is 5.84. The number of phenols is 1. The summed E-state index contributed by atoms with van der Waals surface area (Å²) in [5.41, 5.74) is 1.94. The summed E-state index contributed by atoms with van der Waals surface area (Å²) in [7, 11) is 0. The Kier molecular flexibility index (Phi) is 7.41. The Labute approximate surface area is 197 Å². The van der Waals surface area contributed by atoms with Gasteiger partial charge in [-0.05, 0) is 47.4 Å². The molecule has 32 heavy (non-hydrogen) atoms. The lowest BCUT2D eigenvalue weighted by atomic mass is 9.87. The minimum atomic E-state index is 0.0179. The smallest absolute Gasteiger partial charge is 0.199 e. The van der Waals surface area contributed by atoms with Crippen molar-refractivity contribution in [3.63, 3.8) is 0 Å². The van der Waals surface area contributed by atoms with E-state index in [-0.39, 0.29) is 11.2 Å². The van der Waals surface area contributed by atoms with E-state index in [2.05, 4.69) is 59.5 Å². The van der Waals surface area contributed by atoms with Crippen molar-refractivity contribution in [2.75, 3.05) is 31.5 Å². The van der Waals surface area contributed by atoms with Crippen LogP contribution < -0.4 is 5.32 Å². The number of hydrogen-bond donors (Lipinski definition) is 2. The lowest BCUT2D eigenvalue weighted by molar-refractivity contribution is 0.107. The Morgan fingerprint density at radius 3 is 2.50 bits per heavy atom. The van der Waals surface area contributed by atoms with E-state index in [0.717, 1.165) is 43.9 Å². The summed E-state index contributed by atoms with van der Waals surface area (Å²) in [5.74, 6) is 1.13. The maximum atomic E-state index is 10.6. The standard InChI is InChI=1S/C26H38N4OS/c1-26(2,3)20-11-12-24(31)23(18-20)28-25(27-19-22-10-7-17-32-22)30-15-13-29(14-16-30)21-8-5-4-6-9-21/h7,10-12,17-18,21,31H,4-6,8-9,13-16,19H2,1-3H3,(H,27,28). The first kappa shape index (κ1) is 23.1. The van der Waals surface area contributed by atoms with Gasteiger partial charge in [-0.15, -0.1) is 11.3 Å². The predicted molar refractivity (Wildman–Crippen MR) is 136 cm³/mol. The van der Waals surface area contributed by atoms with E-state index in [9.17, 15) is 5.11 Å². The van der Waals surface area contributed by atoms with Gasteiger partial charge in [-0.2, -0.15) is 0 Å². The van der Waals surface area contributed by atoms with Crippen LogP contribution in [0.1, 0.15) is 63.3 Å². The molecule has 1 saturated carbocycles. The zero-order valence-corrected chi connectivity index (χ0v) is 20.6. The van der Waals surface area contributed by atoms with Crippen molar-refractivity contribution in [1.29, 1.82) is 0 Å². The van der Waals surface area contributed by atoms with E-state index >= 15 is 0 Å². The lowest BCUT2D eigenvalue weighted by Gasteiger charge is -2.41. The summed E-state index contributed by atoms with van der Waals surface area (Å²) in [6.07, 6.45) is 6.86. The van der Waals surface area contributed by atoms with Gasteiger partial charge in [0.1, 0.15) is 5.75 Å². The van der Waals surface area contributed by atoms with Crippen LogP contribution in [0.15, 0.2) is 40.7 Å². The molecule has 1 aliphatic carbocycles. The Hall–Kier alpha value is -2.05. The summed E-state index contributed by atoms with van der Waals surface area (Å²) < 4.78 is 0. The van der Waals surface area contributed by atoms with Crippen molar-refractivity contribution in [2.24, 2.45) is 4.99 Å². The monoisotopic (exact) mass is 454 g/mol. The molecule has 0 unspecified atom stereocenters. The third-order valence-electron chi connectivity index (χ3n) is 6.78. The minimum absolute atomic E-state index is 0.0179. The van der Waals surface area contributed by atoms with Gasteiger partial charge >= 0.3 is 0 Å². The molecule has 0 spiro atoms. The van der Waals surface area contributed by atoms with Gasteiger partial charge < -0.3 is 15.3 Å². The van der Waals surface area contributed by atoms with E-state index in [1.54, 1.807) is 17.4 Å². The fourth-order valence-electron chi connectivity index (χ4n) is 4.74. The highest BCUT2D eigenvalue weighted by atomic mass is 32.1. The molecule has 2 heterocycles. The predicted octanol–water partition coefficient (Wildman–Crippen LogP) is 5.67. The Bertz CT molecular complexity index is 889.